The van der Waals surface area contributed by atoms with E-state index in [1.54, 1.807) is 18.2 Å². The Kier molecular flexibility index (Phi) is 3.27. The summed E-state index contributed by atoms with van der Waals surface area (Å²) >= 11 is 0. The van der Waals surface area contributed by atoms with Gasteiger partial charge >= 0.3 is 5.97 Å². The molecule has 0 aromatic heterocycles. The van der Waals surface area contributed by atoms with Crippen LogP contribution in [0.4, 0.5) is 15.8 Å². The lowest BCUT2D eigenvalue weighted by Gasteiger charge is -2.27. The van der Waals surface area contributed by atoms with E-state index < -0.39 is 29.3 Å². The molecule has 3 N–H and O–H groups in total. The Morgan fingerprint density at radius 2 is 1.73 bits per heavy atom. The average Bonchev–Trinajstić information content (AvgIpc) is 2.60. The quantitative estimate of drug-likeness (QED) is 0.546. The lowest BCUT2D eigenvalue weighted by molar-refractivity contribution is 0.0695. The molecule has 26 heavy (non-hydrogen) atoms. The van der Waals surface area contributed by atoms with E-state index in [9.17, 15) is 18.8 Å². The minimum atomic E-state index is -1.30. The number of aromatic carboxylic acids is 1. The Morgan fingerprint density at radius 1 is 1.00 bits per heavy atom. The first-order valence-corrected chi connectivity index (χ1v) is 7.62. The number of carboxylic acids is 1. The van der Waals surface area contributed by atoms with Gasteiger partial charge in [0.2, 0.25) is 0 Å². The summed E-state index contributed by atoms with van der Waals surface area (Å²) in [6.45, 7) is 0. The van der Waals surface area contributed by atoms with Crippen molar-refractivity contribution in [2.75, 3.05) is 10.6 Å². The second-order valence-electron chi connectivity index (χ2n) is 5.89. The number of amides is 2. The minimum Gasteiger partial charge on any atom is -0.478 e. The molecule has 0 spiro atoms. The van der Waals surface area contributed by atoms with Gasteiger partial charge in [-0.25, -0.2) is 14.1 Å². The monoisotopic (exact) mass is 350 g/mol. The molecule has 1 aliphatic heterocycles. The maximum absolute atomic E-state index is 14.3. The Bertz CT molecular complexity index is 1140. The van der Waals surface area contributed by atoms with Crippen molar-refractivity contribution in [2.45, 2.75) is 0 Å². The van der Waals surface area contributed by atoms with Gasteiger partial charge < -0.3 is 10.8 Å². The summed E-state index contributed by atoms with van der Waals surface area (Å²) in [5.41, 5.74) is 5.90. The fourth-order valence-electron chi connectivity index (χ4n) is 3.17. The Morgan fingerprint density at radius 3 is 2.46 bits per heavy atom. The van der Waals surface area contributed by atoms with Gasteiger partial charge in [0.05, 0.1) is 16.8 Å². The summed E-state index contributed by atoms with van der Waals surface area (Å²) < 4.78 is 14.3. The molecule has 3 aromatic carbocycles. The zero-order valence-corrected chi connectivity index (χ0v) is 13.2. The third-order valence-corrected chi connectivity index (χ3v) is 4.30. The lowest BCUT2D eigenvalue weighted by atomic mass is 9.93. The second kappa shape index (κ2) is 5.38. The number of anilines is 2. The van der Waals surface area contributed by atoms with Gasteiger partial charge in [-0.2, -0.15) is 0 Å². The maximum Gasteiger partial charge on any atom is 0.335 e. The van der Waals surface area contributed by atoms with Crippen LogP contribution >= 0.6 is 0 Å². The Labute approximate surface area is 146 Å². The van der Waals surface area contributed by atoms with E-state index in [0.29, 0.717) is 21.4 Å². The van der Waals surface area contributed by atoms with Gasteiger partial charge in [-0.15, -0.1) is 0 Å². The smallest absolute Gasteiger partial charge is 0.335 e. The number of carboxylic acid groups (broad SMARTS) is 1. The number of benzene rings is 3. The highest BCUT2D eigenvalue weighted by Gasteiger charge is 2.35. The first-order chi connectivity index (χ1) is 12.4. The molecule has 0 fully saturated rings. The molecule has 1 aliphatic rings. The van der Waals surface area contributed by atoms with E-state index in [1.165, 1.54) is 12.1 Å². The van der Waals surface area contributed by atoms with Gasteiger partial charge in [-0.3, -0.25) is 9.59 Å². The third-order valence-electron chi connectivity index (χ3n) is 4.30. The maximum atomic E-state index is 14.3. The van der Waals surface area contributed by atoms with Gasteiger partial charge in [0.25, 0.3) is 11.8 Å². The van der Waals surface area contributed by atoms with E-state index >= 15 is 0 Å². The first-order valence-electron chi connectivity index (χ1n) is 7.62. The third kappa shape index (κ3) is 2.14. The highest BCUT2D eigenvalue weighted by molar-refractivity contribution is 6.36. The number of carbonyl (C=O) groups excluding carboxylic acids is 2. The average molecular weight is 350 g/mol. The molecule has 3 aromatic rings. The number of rotatable bonds is 2. The summed E-state index contributed by atoms with van der Waals surface area (Å²) in [5, 5.41) is 10.2. The van der Waals surface area contributed by atoms with Crippen LogP contribution in [0.2, 0.25) is 0 Å². The van der Waals surface area contributed by atoms with Crippen LogP contribution in [-0.4, -0.2) is 22.9 Å². The normalized spacial score (nSPS) is 13.3. The van der Waals surface area contributed by atoms with Crippen LogP contribution in [0.5, 0.6) is 0 Å². The number of hydrogen-bond acceptors (Lipinski definition) is 4. The molecule has 0 bridgehead atoms. The van der Waals surface area contributed by atoms with Crippen LogP contribution in [0.25, 0.3) is 10.8 Å². The van der Waals surface area contributed by atoms with Gasteiger partial charge in [0.15, 0.2) is 0 Å². The highest BCUT2D eigenvalue weighted by atomic mass is 19.1. The molecular formula is C19H11FN2O4. The first kappa shape index (κ1) is 15.8. The molecule has 0 atom stereocenters. The van der Waals surface area contributed by atoms with Crippen LogP contribution in [-0.2, 0) is 0 Å². The molecule has 7 heteroatoms. The second-order valence-corrected chi connectivity index (χ2v) is 5.89. The van der Waals surface area contributed by atoms with Crippen molar-refractivity contribution in [2.24, 2.45) is 0 Å². The minimum absolute atomic E-state index is 0.162. The van der Waals surface area contributed by atoms with Crippen LogP contribution in [0.3, 0.4) is 0 Å². The predicted octanol–water partition coefficient (Wildman–Crippen LogP) is 3.06. The molecule has 0 radical (unpaired) electrons. The van der Waals surface area contributed by atoms with Crippen molar-refractivity contribution in [3.8, 4) is 0 Å². The van der Waals surface area contributed by atoms with Crippen LogP contribution in [0.15, 0.2) is 48.5 Å². The highest BCUT2D eigenvalue weighted by Crippen LogP contribution is 2.35. The molecule has 6 nitrogen and oxygen atoms in total. The molecule has 0 saturated heterocycles. The van der Waals surface area contributed by atoms with Crippen LogP contribution < -0.4 is 10.6 Å². The molecule has 128 valence electrons. The summed E-state index contributed by atoms with van der Waals surface area (Å²) in [7, 11) is 0. The molecule has 0 saturated carbocycles. The number of hydrogen-bond donors (Lipinski definition) is 2. The van der Waals surface area contributed by atoms with Gasteiger partial charge in [-0.1, -0.05) is 12.1 Å². The van der Waals surface area contributed by atoms with Gasteiger partial charge in [-0.05, 0) is 41.8 Å². The molecule has 0 unspecified atom stereocenters. The van der Waals surface area contributed by atoms with Crippen molar-refractivity contribution in [1.82, 2.24) is 0 Å². The van der Waals surface area contributed by atoms with Crippen molar-refractivity contribution in [3.05, 3.63) is 71.0 Å². The van der Waals surface area contributed by atoms with Crippen molar-refractivity contribution in [1.29, 1.82) is 0 Å². The predicted molar refractivity (Wildman–Crippen MR) is 92.9 cm³/mol. The van der Waals surface area contributed by atoms with Crippen molar-refractivity contribution < 1.29 is 23.9 Å². The zero-order chi connectivity index (χ0) is 18.6. The van der Waals surface area contributed by atoms with Crippen molar-refractivity contribution >= 4 is 39.9 Å². The van der Waals surface area contributed by atoms with Crippen molar-refractivity contribution in [3.63, 3.8) is 0 Å². The fourth-order valence-corrected chi connectivity index (χ4v) is 3.17. The Balaban J connectivity index is 1.99. The summed E-state index contributed by atoms with van der Waals surface area (Å²) in [6, 6.07) is 10.9. The largest absolute Gasteiger partial charge is 0.478 e. The number of nitrogen functional groups attached to an aromatic ring is 1. The van der Waals surface area contributed by atoms with Crippen LogP contribution in [0.1, 0.15) is 31.1 Å². The zero-order valence-electron chi connectivity index (χ0n) is 13.2. The fraction of sp³-hybridized carbons (Fsp3) is 0. The number of imide groups is 1. The lowest BCUT2D eigenvalue weighted by Crippen LogP contribution is -2.41. The van der Waals surface area contributed by atoms with E-state index in [0.717, 1.165) is 18.2 Å². The molecule has 2 amide bonds. The molecular weight excluding hydrogens is 339 g/mol. The van der Waals surface area contributed by atoms with E-state index in [4.69, 9.17) is 10.8 Å². The standard InChI is InChI=1S/C19H11FN2O4/c20-14-5-4-10(19(25)26)7-15(14)22-17(23)12-3-1-2-9-6-11(21)8-13(16(9)12)18(22)24/h1-8H,21H2,(H,25,26). The molecule has 0 aliphatic carbocycles. The van der Waals surface area contributed by atoms with E-state index in [1.807, 2.05) is 0 Å². The molecule has 1 heterocycles. The topological polar surface area (TPSA) is 101 Å². The summed E-state index contributed by atoms with van der Waals surface area (Å²) in [6.07, 6.45) is 0. The number of halogens is 1. The molecule has 4 rings (SSSR count). The summed E-state index contributed by atoms with van der Waals surface area (Å²) in [5.74, 6) is -3.65. The van der Waals surface area contributed by atoms with E-state index in [2.05, 4.69) is 0 Å². The SMILES string of the molecule is Nc1cc2c3c(cccc3c1)C(=O)N(c1cc(C(=O)O)ccc1F)C2=O. The number of nitrogens with two attached hydrogens (primary N) is 1. The van der Waals surface area contributed by atoms with Crippen LogP contribution in [0, 0.1) is 5.82 Å². The Hall–Kier alpha value is -3.74. The summed E-state index contributed by atoms with van der Waals surface area (Å²) in [4.78, 5) is 37.7. The number of nitrogens with zero attached hydrogens (tertiary/aromatic N) is 1. The van der Waals surface area contributed by atoms with E-state index in [-0.39, 0.29) is 16.7 Å². The number of carbonyl (C=O) groups is 3. The van der Waals surface area contributed by atoms with Gasteiger partial charge in [0.1, 0.15) is 5.82 Å². The van der Waals surface area contributed by atoms with Gasteiger partial charge in [0, 0.05) is 16.6 Å².